The molecule has 96 valence electrons. The van der Waals surface area contributed by atoms with E-state index < -0.39 is 5.82 Å². The van der Waals surface area contributed by atoms with Crippen LogP contribution in [0.2, 0.25) is 0 Å². The van der Waals surface area contributed by atoms with E-state index in [1.807, 2.05) is 0 Å². The summed E-state index contributed by atoms with van der Waals surface area (Å²) in [5, 5.41) is 1.78. The average molecular weight is 276 g/mol. The third kappa shape index (κ3) is 2.34. The Morgan fingerprint density at radius 1 is 1.37 bits per heavy atom. The van der Waals surface area contributed by atoms with E-state index in [1.165, 1.54) is 33.9 Å². The Balaban J connectivity index is 1.86. The van der Waals surface area contributed by atoms with E-state index in [9.17, 15) is 9.18 Å². The van der Waals surface area contributed by atoms with Crippen molar-refractivity contribution in [1.82, 2.24) is 9.38 Å². The van der Waals surface area contributed by atoms with Gasteiger partial charge in [-0.15, -0.1) is 11.3 Å². The standard InChI is InChI=1S/C13H9FN2O2S/c14-10-3-1-2-4-11(10)18-8-9-7-12(17)16-5-6-19-13(16)15-9/h1-7H,8H2. The Bertz CT molecular complexity index is 781. The first-order valence-corrected chi connectivity index (χ1v) is 6.45. The Morgan fingerprint density at radius 2 is 2.21 bits per heavy atom. The normalized spacial score (nSPS) is 10.8. The lowest BCUT2D eigenvalue weighted by atomic mass is 10.3. The van der Waals surface area contributed by atoms with Crippen molar-refractivity contribution in [2.45, 2.75) is 6.61 Å². The second-order valence-corrected chi connectivity index (χ2v) is 4.73. The monoisotopic (exact) mass is 276 g/mol. The number of thiazole rings is 1. The van der Waals surface area contributed by atoms with Crippen LogP contribution in [-0.4, -0.2) is 9.38 Å². The summed E-state index contributed by atoms with van der Waals surface area (Å²) in [5.74, 6) is -0.285. The molecule has 0 aliphatic carbocycles. The Labute approximate surface area is 111 Å². The summed E-state index contributed by atoms with van der Waals surface area (Å²) in [7, 11) is 0. The van der Waals surface area contributed by atoms with Crippen LogP contribution in [0.25, 0.3) is 4.96 Å². The van der Waals surface area contributed by atoms with Crippen molar-refractivity contribution in [1.29, 1.82) is 0 Å². The minimum Gasteiger partial charge on any atom is -0.484 e. The van der Waals surface area contributed by atoms with Crippen LogP contribution in [0, 0.1) is 5.82 Å². The number of hydrogen-bond acceptors (Lipinski definition) is 4. The zero-order valence-corrected chi connectivity index (χ0v) is 10.6. The molecule has 0 aliphatic heterocycles. The molecule has 0 aliphatic rings. The second kappa shape index (κ2) is 4.81. The van der Waals surface area contributed by atoms with Crippen molar-refractivity contribution in [3.05, 3.63) is 63.8 Å². The Kier molecular flexibility index (Phi) is 3.00. The fourth-order valence-electron chi connectivity index (χ4n) is 1.68. The van der Waals surface area contributed by atoms with Gasteiger partial charge in [0.25, 0.3) is 5.56 Å². The number of nitrogens with zero attached hydrogens (tertiary/aromatic N) is 2. The topological polar surface area (TPSA) is 43.6 Å². The molecule has 0 saturated heterocycles. The summed E-state index contributed by atoms with van der Waals surface area (Å²) in [6.07, 6.45) is 1.66. The second-order valence-electron chi connectivity index (χ2n) is 3.86. The lowest BCUT2D eigenvalue weighted by molar-refractivity contribution is 0.286. The predicted octanol–water partition coefficient (Wildman–Crippen LogP) is 2.47. The van der Waals surface area contributed by atoms with Crippen molar-refractivity contribution in [2.24, 2.45) is 0 Å². The summed E-state index contributed by atoms with van der Waals surface area (Å²) in [6, 6.07) is 7.51. The minimum atomic E-state index is -0.434. The molecule has 1 aromatic carbocycles. The van der Waals surface area contributed by atoms with Crippen LogP contribution >= 0.6 is 11.3 Å². The number of ether oxygens (including phenoxy) is 1. The molecule has 0 fully saturated rings. The lowest BCUT2D eigenvalue weighted by Crippen LogP contribution is -2.14. The van der Waals surface area contributed by atoms with Crippen LogP contribution in [0.1, 0.15) is 5.69 Å². The summed E-state index contributed by atoms with van der Waals surface area (Å²) >= 11 is 1.36. The highest BCUT2D eigenvalue weighted by atomic mass is 32.1. The maximum Gasteiger partial charge on any atom is 0.258 e. The number of para-hydroxylation sites is 1. The first kappa shape index (κ1) is 11.9. The van der Waals surface area contributed by atoms with Crippen LogP contribution < -0.4 is 10.3 Å². The number of rotatable bonds is 3. The lowest BCUT2D eigenvalue weighted by Gasteiger charge is -2.06. The number of benzene rings is 1. The van der Waals surface area contributed by atoms with Crippen molar-refractivity contribution in [2.75, 3.05) is 0 Å². The summed E-state index contributed by atoms with van der Waals surface area (Å²) in [6.45, 7) is 0.0601. The maximum absolute atomic E-state index is 13.4. The quantitative estimate of drug-likeness (QED) is 0.738. The molecule has 0 atom stereocenters. The van der Waals surface area contributed by atoms with Crippen LogP contribution in [0.4, 0.5) is 4.39 Å². The van der Waals surface area contributed by atoms with Gasteiger partial charge in [-0.3, -0.25) is 9.20 Å². The smallest absolute Gasteiger partial charge is 0.258 e. The van der Waals surface area contributed by atoms with Crippen LogP contribution in [0.15, 0.2) is 46.7 Å². The van der Waals surface area contributed by atoms with Crippen LogP contribution in [-0.2, 0) is 6.61 Å². The van der Waals surface area contributed by atoms with Gasteiger partial charge in [0.15, 0.2) is 16.5 Å². The highest BCUT2D eigenvalue weighted by Crippen LogP contribution is 2.16. The van der Waals surface area contributed by atoms with Gasteiger partial charge in [-0.1, -0.05) is 12.1 Å². The highest BCUT2D eigenvalue weighted by molar-refractivity contribution is 7.15. The molecule has 0 radical (unpaired) electrons. The van der Waals surface area contributed by atoms with Gasteiger partial charge in [-0.05, 0) is 12.1 Å². The van der Waals surface area contributed by atoms with Gasteiger partial charge in [-0.25, -0.2) is 9.37 Å². The molecule has 3 rings (SSSR count). The van der Waals surface area contributed by atoms with Gasteiger partial charge < -0.3 is 4.74 Å². The van der Waals surface area contributed by atoms with Gasteiger partial charge in [0.1, 0.15) is 6.61 Å². The molecule has 2 heterocycles. The largest absolute Gasteiger partial charge is 0.484 e. The predicted molar refractivity (Wildman–Crippen MR) is 70.1 cm³/mol. The molecule has 0 saturated carbocycles. The Hall–Kier alpha value is -2.21. The molecule has 6 heteroatoms. The van der Waals surface area contributed by atoms with Gasteiger partial charge >= 0.3 is 0 Å². The van der Waals surface area contributed by atoms with Crippen molar-refractivity contribution in [3.8, 4) is 5.75 Å². The van der Waals surface area contributed by atoms with Crippen molar-refractivity contribution in [3.63, 3.8) is 0 Å². The molecule has 2 aromatic heterocycles. The molecule has 3 aromatic rings. The zero-order valence-electron chi connectivity index (χ0n) is 9.75. The van der Waals surface area contributed by atoms with Gasteiger partial charge in [0.05, 0.1) is 5.69 Å². The fourth-order valence-corrected chi connectivity index (χ4v) is 2.41. The molecule has 0 spiro atoms. The molecule has 4 nitrogen and oxygen atoms in total. The third-order valence-electron chi connectivity index (χ3n) is 2.57. The highest BCUT2D eigenvalue weighted by Gasteiger charge is 2.06. The van der Waals surface area contributed by atoms with Crippen molar-refractivity contribution >= 4 is 16.3 Å². The van der Waals surface area contributed by atoms with Crippen molar-refractivity contribution < 1.29 is 9.13 Å². The third-order valence-corrected chi connectivity index (χ3v) is 3.33. The number of hydrogen-bond donors (Lipinski definition) is 0. The van der Waals surface area contributed by atoms with Gasteiger partial charge in [0, 0.05) is 17.6 Å². The van der Waals surface area contributed by atoms with Gasteiger partial charge in [0.2, 0.25) is 0 Å². The first-order valence-electron chi connectivity index (χ1n) is 5.57. The van der Waals surface area contributed by atoms with Crippen LogP contribution in [0.5, 0.6) is 5.75 Å². The SMILES string of the molecule is O=c1cc(COc2ccccc2F)nc2sccn12. The van der Waals surface area contributed by atoms with E-state index >= 15 is 0 Å². The number of halogens is 1. The minimum absolute atomic E-state index is 0.0601. The van der Waals surface area contributed by atoms with Crippen LogP contribution in [0.3, 0.4) is 0 Å². The summed E-state index contributed by atoms with van der Waals surface area (Å²) in [5.41, 5.74) is 0.314. The van der Waals surface area contributed by atoms with E-state index in [0.29, 0.717) is 10.7 Å². The van der Waals surface area contributed by atoms with E-state index in [-0.39, 0.29) is 17.9 Å². The summed E-state index contributed by atoms with van der Waals surface area (Å²) < 4.78 is 20.1. The van der Waals surface area contributed by atoms with E-state index in [0.717, 1.165) is 0 Å². The zero-order chi connectivity index (χ0) is 13.2. The molecule has 19 heavy (non-hydrogen) atoms. The number of fused-ring (bicyclic) bond motifs is 1. The molecular formula is C13H9FN2O2S. The Morgan fingerprint density at radius 3 is 3.05 bits per heavy atom. The van der Waals surface area contributed by atoms with Gasteiger partial charge in [-0.2, -0.15) is 0 Å². The fraction of sp³-hybridized carbons (Fsp3) is 0.0769. The van der Waals surface area contributed by atoms with E-state index in [2.05, 4.69) is 4.98 Å². The number of aromatic nitrogens is 2. The molecule has 0 bridgehead atoms. The average Bonchev–Trinajstić information content (AvgIpc) is 2.87. The maximum atomic E-state index is 13.4. The molecule has 0 amide bonds. The first-order chi connectivity index (χ1) is 9.24. The molecule has 0 N–H and O–H groups in total. The van der Waals surface area contributed by atoms with E-state index in [1.54, 1.807) is 23.7 Å². The summed E-state index contributed by atoms with van der Waals surface area (Å²) in [4.78, 5) is 16.6. The molecule has 0 unspecified atom stereocenters. The molecular weight excluding hydrogens is 267 g/mol. The van der Waals surface area contributed by atoms with E-state index in [4.69, 9.17) is 4.74 Å².